The van der Waals surface area contributed by atoms with Crippen molar-refractivity contribution in [1.29, 1.82) is 0 Å². The first-order chi connectivity index (χ1) is 14.2. The van der Waals surface area contributed by atoms with E-state index in [1.807, 2.05) is 59.5 Å². The number of hydrogen-bond acceptors (Lipinski definition) is 3. The molecule has 30 heavy (non-hydrogen) atoms. The van der Waals surface area contributed by atoms with E-state index in [1.165, 1.54) is 5.56 Å². The van der Waals surface area contributed by atoms with Crippen LogP contribution in [0, 0.1) is 0 Å². The summed E-state index contributed by atoms with van der Waals surface area (Å²) in [6, 6.07) is 26.3. The van der Waals surface area contributed by atoms with Gasteiger partial charge in [-0.15, -0.1) is 12.4 Å². The monoisotopic (exact) mass is 422 g/mol. The zero-order valence-electron chi connectivity index (χ0n) is 17.2. The van der Waals surface area contributed by atoms with Crippen LogP contribution in [0.4, 0.5) is 0 Å². The Hall–Kier alpha value is -2.82. The molecule has 1 aliphatic heterocycles. The van der Waals surface area contributed by atoms with Crippen molar-refractivity contribution in [2.24, 2.45) is 0 Å². The van der Waals surface area contributed by atoms with Crippen LogP contribution >= 0.6 is 12.4 Å². The van der Waals surface area contributed by atoms with Gasteiger partial charge >= 0.3 is 0 Å². The Kier molecular flexibility index (Phi) is 7.50. The maximum absolute atomic E-state index is 12.9. The zero-order valence-corrected chi connectivity index (χ0v) is 18.0. The first-order valence-corrected chi connectivity index (χ1v) is 10.0. The second-order valence-corrected chi connectivity index (χ2v) is 7.36. The highest BCUT2D eigenvalue weighted by Gasteiger charge is 2.22. The average Bonchev–Trinajstić information content (AvgIpc) is 2.80. The summed E-state index contributed by atoms with van der Waals surface area (Å²) in [5.74, 6) is 1.00. The van der Waals surface area contributed by atoms with Gasteiger partial charge in [0.15, 0.2) is 0 Å². The van der Waals surface area contributed by atoms with Gasteiger partial charge in [0.25, 0.3) is 5.91 Å². The molecule has 3 aromatic rings. The Balaban J connectivity index is 0.00000256. The van der Waals surface area contributed by atoms with Crippen molar-refractivity contribution in [3.8, 4) is 16.9 Å². The maximum Gasteiger partial charge on any atom is 0.253 e. The number of nitrogens with zero attached hydrogens (tertiary/aromatic N) is 2. The lowest BCUT2D eigenvalue weighted by Crippen LogP contribution is -2.48. The Morgan fingerprint density at radius 2 is 1.50 bits per heavy atom. The molecule has 1 saturated heterocycles. The minimum Gasteiger partial charge on any atom is -0.497 e. The van der Waals surface area contributed by atoms with Crippen LogP contribution in [-0.2, 0) is 6.54 Å². The summed E-state index contributed by atoms with van der Waals surface area (Å²) in [5, 5.41) is 0. The lowest BCUT2D eigenvalue weighted by molar-refractivity contribution is 0.0628. The summed E-state index contributed by atoms with van der Waals surface area (Å²) in [6.45, 7) is 4.15. The van der Waals surface area contributed by atoms with Crippen LogP contribution in [0.3, 0.4) is 0 Å². The van der Waals surface area contributed by atoms with Gasteiger partial charge in [0.1, 0.15) is 5.75 Å². The summed E-state index contributed by atoms with van der Waals surface area (Å²) < 4.78 is 5.31. The molecule has 0 saturated carbocycles. The van der Waals surface area contributed by atoms with E-state index in [9.17, 15) is 4.79 Å². The molecule has 4 rings (SSSR count). The summed E-state index contributed by atoms with van der Waals surface area (Å²) in [4.78, 5) is 17.2. The van der Waals surface area contributed by atoms with Gasteiger partial charge in [-0.3, -0.25) is 9.69 Å². The second kappa shape index (κ2) is 10.3. The Labute approximate surface area is 184 Å². The predicted molar refractivity (Wildman–Crippen MR) is 123 cm³/mol. The number of carbonyl (C=O) groups is 1. The van der Waals surface area contributed by atoms with E-state index in [1.54, 1.807) is 7.11 Å². The summed E-state index contributed by atoms with van der Waals surface area (Å²) in [7, 11) is 1.69. The maximum atomic E-state index is 12.9. The van der Waals surface area contributed by atoms with Crippen LogP contribution < -0.4 is 4.74 Å². The van der Waals surface area contributed by atoms with Gasteiger partial charge in [-0.1, -0.05) is 54.6 Å². The van der Waals surface area contributed by atoms with Crippen molar-refractivity contribution in [3.63, 3.8) is 0 Å². The molecule has 1 amide bonds. The number of halogens is 1. The molecule has 4 nitrogen and oxygen atoms in total. The number of hydrogen-bond donors (Lipinski definition) is 0. The van der Waals surface area contributed by atoms with Gasteiger partial charge in [-0.05, 0) is 41.0 Å². The average molecular weight is 423 g/mol. The number of piperazine rings is 1. The molecule has 0 N–H and O–H groups in total. The minimum absolute atomic E-state index is 0. The fraction of sp³-hybridized carbons (Fsp3) is 0.240. The molecule has 0 atom stereocenters. The topological polar surface area (TPSA) is 32.8 Å². The second-order valence-electron chi connectivity index (χ2n) is 7.36. The molecule has 156 valence electrons. The first-order valence-electron chi connectivity index (χ1n) is 10.0. The van der Waals surface area contributed by atoms with E-state index in [-0.39, 0.29) is 18.3 Å². The van der Waals surface area contributed by atoms with Crippen molar-refractivity contribution in [3.05, 3.63) is 90.0 Å². The molecule has 5 heteroatoms. The minimum atomic E-state index is 0. The largest absolute Gasteiger partial charge is 0.497 e. The van der Waals surface area contributed by atoms with E-state index in [2.05, 4.69) is 29.2 Å². The fourth-order valence-electron chi connectivity index (χ4n) is 3.76. The summed E-state index contributed by atoms with van der Waals surface area (Å²) in [6.07, 6.45) is 0. The van der Waals surface area contributed by atoms with Crippen molar-refractivity contribution in [2.45, 2.75) is 6.54 Å². The highest BCUT2D eigenvalue weighted by Crippen LogP contribution is 2.20. The SMILES string of the molecule is COc1cccc(CN2CCN(C(=O)c3ccc(-c4ccccc4)cc3)CC2)c1.Cl. The number of carbonyl (C=O) groups excluding carboxylic acids is 1. The number of ether oxygens (including phenoxy) is 1. The lowest BCUT2D eigenvalue weighted by Gasteiger charge is -2.34. The molecule has 0 aromatic heterocycles. The van der Waals surface area contributed by atoms with E-state index in [0.717, 1.165) is 55.2 Å². The highest BCUT2D eigenvalue weighted by molar-refractivity contribution is 5.94. The smallest absolute Gasteiger partial charge is 0.253 e. The number of rotatable bonds is 5. The summed E-state index contributed by atoms with van der Waals surface area (Å²) >= 11 is 0. The molecule has 0 aliphatic carbocycles. The molecule has 0 unspecified atom stereocenters. The Bertz CT molecular complexity index is 952. The molecular formula is C25H27ClN2O2. The van der Waals surface area contributed by atoms with Crippen molar-refractivity contribution < 1.29 is 9.53 Å². The highest BCUT2D eigenvalue weighted by atomic mass is 35.5. The molecule has 0 spiro atoms. The Morgan fingerprint density at radius 1 is 0.833 bits per heavy atom. The standard InChI is InChI=1S/C25H26N2O2.ClH/c1-29-24-9-5-6-20(18-24)19-26-14-16-27(17-15-26)25(28)23-12-10-22(11-13-23)21-7-3-2-4-8-21;/h2-13,18H,14-17,19H2,1H3;1H. The molecule has 0 radical (unpaired) electrons. The fourth-order valence-corrected chi connectivity index (χ4v) is 3.76. The quantitative estimate of drug-likeness (QED) is 0.595. The van der Waals surface area contributed by atoms with E-state index >= 15 is 0 Å². The third kappa shape index (κ3) is 5.21. The molecule has 1 heterocycles. The van der Waals surface area contributed by atoms with Gasteiger partial charge in [-0.2, -0.15) is 0 Å². The molecular weight excluding hydrogens is 396 g/mol. The van der Waals surface area contributed by atoms with Gasteiger partial charge in [0, 0.05) is 38.3 Å². The van der Waals surface area contributed by atoms with Gasteiger partial charge in [0.2, 0.25) is 0 Å². The normalized spacial score (nSPS) is 14.1. The molecule has 0 bridgehead atoms. The van der Waals surface area contributed by atoms with Crippen LogP contribution in [-0.4, -0.2) is 49.0 Å². The van der Waals surface area contributed by atoms with Crippen LogP contribution in [0.5, 0.6) is 5.75 Å². The van der Waals surface area contributed by atoms with Crippen molar-refractivity contribution in [1.82, 2.24) is 9.80 Å². The Morgan fingerprint density at radius 3 is 2.17 bits per heavy atom. The van der Waals surface area contributed by atoms with Crippen molar-refractivity contribution >= 4 is 18.3 Å². The third-order valence-corrected chi connectivity index (χ3v) is 5.44. The van der Waals surface area contributed by atoms with E-state index < -0.39 is 0 Å². The van der Waals surface area contributed by atoms with E-state index in [4.69, 9.17) is 4.74 Å². The first kappa shape index (κ1) is 21.9. The number of methoxy groups -OCH3 is 1. The zero-order chi connectivity index (χ0) is 20.1. The lowest BCUT2D eigenvalue weighted by atomic mass is 10.0. The van der Waals surface area contributed by atoms with Crippen LogP contribution in [0.1, 0.15) is 15.9 Å². The van der Waals surface area contributed by atoms with Crippen molar-refractivity contribution in [2.75, 3.05) is 33.3 Å². The van der Waals surface area contributed by atoms with Crippen LogP contribution in [0.25, 0.3) is 11.1 Å². The van der Waals surface area contributed by atoms with Crippen LogP contribution in [0.2, 0.25) is 0 Å². The molecule has 1 aliphatic rings. The molecule has 3 aromatic carbocycles. The van der Waals surface area contributed by atoms with E-state index in [0.29, 0.717) is 0 Å². The third-order valence-electron chi connectivity index (χ3n) is 5.44. The van der Waals surface area contributed by atoms with Gasteiger partial charge < -0.3 is 9.64 Å². The van der Waals surface area contributed by atoms with Crippen LogP contribution in [0.15, 0.2) is 78.9 Å². The number of benzene rings is 3. The van der Waals surface area contributed by atoms with Gasteiger partial charge in [0.05, 0.1) is 7.11 Å². The predicted octanol–water partition coefficient (Wildman–Crippen LogP) is 4.74. The molecule has 1 fully saturated rings. The number of amides is 1. The summed E-state index contributed by atoms with van der Waals surface area (Å²) in [5.41, 5.74) is 4.29. The van der Waals surface area contributed by atoms with Gasteiger partial charge in [-0.25, -0.2) is 0 Å².